The minimum Gasteiger partial charge on any atom is -0.339 e. The van der Waals surface area contributed by atoms with Crippen LogP contribution in [0.1, 0.15) is 55.9 Å². The fraction of sp³-hybridized carbons (Fsp3) is 0.650. The number of fused-ring (bicyclic) bond motifs is 3. The van der Waals surface area contributed by atoms with E-state index in [4.69, 9.17) is 4.98 Å². The average Bonchev–Trinajstić information content (AvgIpc) is 3.07. The first-order chi connectivity index (χ1) is 13.1. The molecule has 1 amide bonds. The lowest BCUT2D eigenvalue weighted by molar-refractivity contribution is -0.132. The van der Waals surface area contributed by atoms with E-state index in [0.717, 1.165) is 55.3 Å². The molecule has 0 radical (unpaired) electrons. The highest BCUT2D eigenvalue weighted by Crippen LogP contribution is 2.34. The lowest BCUT2D eigenvalue weighted by Crippen LogP contribution is -2.44. The van der Waals surface area contributed by atoms with Gasteiger partial charge in [0, 0.05) is 24.5 Å². The summed E-state index contributed by atoms with van der Waals surface area (Å²) in [6.45, 7) is 3.02. The zero-order chi connectivity index (χ0) is 19.0. The molecule has 27 heavy (non-hydrogen) atoms. The normalized spacial score (nSPS) is 20.1. The molecule has 2 aromatic rings. The molecule has 0 saturated carbocycles. The highest BCUT2D eigenvalue weighted by Gasteiger charge is 2.26. The average molecular weight is 406 g/mol. The molecule has 0 aromatic carbocycles. The second-order valence-electron chi connectivity index (χ2n) is 7.58. The minimum atomic E-state index is 0.0405. The van der Waals surface area contributed by atoms with Crippen molar-refractivity contribution >= 4 is 39.2 Å². The number of piperidine rings is 1. The fourth-order valence-electron chi connectivity index (χ4n) is 4.36. The van der Waals surface area contributed by atoms with Crippen LogP contribution in [0.2, 0.25) is 0 Å². The summed E-state index contributed by atoms with van der Waals surface area (Å²) in [4.78, 5) is 34.7. The topological polar surface area (TPSA) is 55.2 Å². The molecule has 5 nitrogen and oxygen atoms in total. The van der Waals surface area contributed by atoms with E-state index in [1.807, 2.05) is 4.90 Å². The summed E-state index contributed by atoms with van der Waals surface area (Å²) in [5, 5.41) is 1.47. The number of carbonyl (C=O) groups excluding carboxylic acids is 1. The third-order valence-electron chi connectivity index (χ3n) is 5.90. The van der Waals surface area contributed by atoms with Gasteiger partial charge in [0.1, 0.15) is 4.83 Å². The zero-order valence-corrected chi connectivity index (χ0v) is 17.8. The molecule has 0 spiro atoms. The molecular weight excluding hydrogens is 378 g/mol. The van der Waals surface area contributed by atoms with Gasteiger partial charge in [0.15, 0.2) is 5.16 Å². The monoisotopic (exact) mass is 405 g/mol. The number of aromatic nitrogens is 2. The maximum atomic E-state index is 12.9. The first kappa shape index (κ1) is 19.0. The molecule has 1 aliphatic carbocycles. The summed E-state index contributed by atoms with van der Waals surface area (Å²) < 4.78 is 1.63. The molecule has 146 valence electrons. The third-order valence-corrected chi connectivity index (χ3v) is 8.10. The first-order valence-electron chi connectivity index (χ1n) is 10.0. The molecule has 1 atom stereocenters. The van der Waals surface area contributed by atoms with Crippen molar-refractivity contribution in [3.05, 3.63) is 20.8 Å². The predicted octanol–water partition coefficient (Wildman–Crippen LogP) is 3.76. The molecule has 1 saturated heterocycles. The fourth-order valence-corrected chi connectivity index (χ4v) is 6.52. The van der Waals surface area contributed by atoms with E-state index in [0.29, 0.717) is 17.0 Å². The van der Waals surface area contributed by atoms with Crippen molar-refractivity contribution in [1.82, 2.24) is 14.5 Å². The molecule has 0 bridgehead atoms. The molecule has 4 rings (SSSR count). The number of rotatable bonds is 4. The highest BCUT2D eigenvalue weighted by atomic mass is 32.2. The van der Waals surface area contributed by atoms with E-state index in [-0.39, 0.29) is 11.5 Å². The largest absolute Gasteiger partial charge is 0.339 e. The second kappa shape index (κ2) is 7.95. The van der Waals surface area contributed by atoms with Crippen molar-refractivity contribution in [2.24, 2.45) is 7.05 Å². The van der Waals surface area contributed by atoms with Crippen LogP contribution in [0.5, 0.6) is 0 Å². The summed E-state index contributed by atoms with van der Waals surface area (Å²) in [6.07, 6.45) is 8.84. The van der Waals surface area contributed by atoms with E-state index >= 15 is 0 Å². The zero-order valence-electron chi connectivity index (χ0n) is 16.1. The van der Waals surface area contributed by atoms with E-state index in [9.17, 15) is 9.59 Å². The highest BCUT2D eigenvalue weighted by molar-refractivity contribution is 7.99. The Kier molecular flexibility index (Phi) is 5.60. The van der Waals surface area contributed by atoms with Gasteiger partial charge in [-0.3, -0.25) is 14.2 Å². The number of amides is 1. The van der Waals surface area contributed by atoms with Crippen LogP contribution in [0.4, 0.5) is 0 Å². The van der Waals surface area contributed by atoms with E-state index in [2.05, 4.69) is 6.92 Å². The number of thioether (sulfide) groups is 1. The minimum absolute atomic E-state index is 0.0405. The number of thiophene rings is 1. The van der Waals surface area contributed by atoms with Crippen molar-refractivity contribution in [2.45, 2.75) is 69.5 Å². The molecule has 1 aliphatic heterocycles. The molecule has 2 aromatic heterocycles. The van der Waals surface area contributed by atoms with E-state index in [1.54, 1.807) is 23.0 Å². The molecule has 0 N–H and O–H groups in total. The number of likely N-dealkylation sites (tertiary alicyclic amines) is 1. The van der Waals surface area contributed by atoms with Crippen molar-refractivity contribution < 1.29 is 4.79 Å². The van der Waals surface area contributed by atoms with Crippen LogP contribution >= 0.6 is 23.1 Å². The van der Waals surface area contributed by atoms with Crippen LogP contribution in [0, 0.1) is 0 Å². The van der Waals surface area contributed by atoms with Gasteiger partial charge in [0.05, 0.1) is 11.1 Å². The molecule has 3 heterocycles. The Hall–Kier alpha value is -1.34. The maximum absolute atomic E-state index is 12.9. The van der Waals surface area contributed by atoms with E-state index < -0.39 is 0 Å². The Morgan fingerprint density at radius 1 is 1.26 bits per heavy atom. The molecular formula is C20H27N3O2S2. The van der Waals surface area contributed by atoms with Gasteiger partial charge < -0.3 is 4.90 Å². The summed E-state index contributed by atoms with van der Waals surface area (Å²) >= 11 is 3.07. The van der Waals surface area contributed by atoms with Gasteiger partial charge in [-0.05, 0) is 56.9 Å². The van der Waals surface area contributed by atoms with E-state index in [1.165, 1.54) is 35.0 Å². The summed E-state index contributed by atoms with van der Waals surface area (Å²) in [5.74, 6) is 0.527. The van der Waals surface area contributed by atoms with Gasteiger partial charge in [0.25, 0.3) is 5.56 Å². The lowest BCUT2D eigenvalue weighted by Gasteiger charge is -2.35. The number of hydrogen-bond donors (Lipinski definition) is 0. The van der Waals surface area contributed by atoms with Crippen LogP contribution in [0.15, 0.2) is 9.95 Å². The third kappa shape index (κ3) is 3.56. The smallest absolute Gasteiger partial charge is 0.262 e. The Morgan fingerprint density at radius 3 is 2.89 bits per heavy atom. The Bertz CT molecular complexity index is 918. The first-order valence-corrected chi connectivity index (χ1v) is 11.8. The van der Waals surface area contributed by atoms with Crippen LogP contribution in [-0.4, -0.2) is 38.7 Å². The molecule has 1 fully saturated rings. The number of aryl methyl sites for hydroxylation is 2. The number of nitrogens with zero attached hydrogens (tertiary/aromatic N) is 3. The standard InChI is InChI=1S/C20H27N3O2S2/c1-3-13-8-6-7-11-23(13)16(24)12-26-20-21-18-17(19(25)22(20)2)14-9-4-5-10-15(14)27-18/h13H,3-12H2,1-2H3/t13-/m1/s1. The summed E-state index contributed by atoms with van der Waals surface area (Å²) in [6, 6.07) is 0.370. The van der Waals surface area contributed by atoms with Gasteiger partial charge in [-0.2, -0.15) is 0 Å². The van der Waals surface area contributed by atoms with Crippen LogP contribution in [-0.2, 0) is 24.7 Å². The quantitative estimate of drug-likeness (QED) is 0.574. The molecule has 7 heteroatoms. The van der Waals surface area contributed by atoms with Crippen molar-refractivity contribution in [2.75, 3.05) is 12.3 Å². The van der Waals surface area contributed by atoms with Crippen LogP contribution in [0.3, 0.4) is 0 Å². The Balaban J connectivity index is 1.56. The van der Waals surface area contributed by atoms with Gasteiger partial charge >= 0.3 is 0 Å². The van der Waals surface area contributed by atoms with Crippen LogP contribution < -0.4 is 5.56 Å². The summed E-state index contributed by atoms with van der Waals surface area (Å²) in [5.41, 5.74) is 1.26. The molecule has 0 unspecified atom stereocenters. The van der Waals surface area contributed by atoms with Crippen molar-refractivity contribution in [1.29, 1.82) is 0 Å². The van der Waals surface area contributed by atoms with Gasteiger partial charge in [-0.15, -0.1) is 11.3 Å². The summed E-state index contributed by atoms with van der Waals surface area (Å²) in [7, 11) is 1.78. The van der Waals surface area contributed by atoms with Crippen LogP contribution in [0.25, 0.3) is 10.2 Å². The van der Waals surface area contributed by atoms with Gasteiger partial charge in [-0.1, -0.05) is 18.7 Å². The SMILES string of the molecule is CC[C@@H]1CCCCN1C(=O)CSc1nc2sc3c(c2c(=O)n1C)CCCC3. The maximum Gasteiger partial charge on any atom is 0.262 e. The lowest BCUT2D eigenvalue weighted by atomic mass is 9.97. The Morgan fingerprint density at radius 2 is 2.07 bits per heavy atom. The number of carbonyl (C=O) groups is 1. The number of hydrogen-bond acceptors (Lipinski definition) is 5. The van der Waals surface area contributed by atoms with Gasteiger partial charge in [0.2, 0.25) is 5.91 Å². The second-order valence-corrected chi connectivity index (χ2v) is 9.61. The predicted molar refractivity (Wildman–Crippen MR) is 112 cm³/mol. The van der Waals surface area contributed by atoms with Crippen molar-refractivity contribution in [3.8, 4) is 0 Å². The Labute approximate surface area is 168 Å². The van der Waals surface area contributed by atoms with Gasteiger partial charge in [-0.25, -0.2) is 4.98 Å². The van der Waals surface area contributed by atoms with Crippen molar-refractivity contribution in [3.63, 3.8) is 0 Å². The molecule has 2 aliphatic rings.